The molecule has 1 saturated carbocycles. The number of carbonyl (C=O) groups excluding carboxylic acids is 2. The van der Waals surface area contributed by atoms with Crippen LogP contribution in [0.2, 0.25) is 0 Å². The van der Waals surface area contributed by atoms with Crippen molar-refractivity contribution < 1.29 is 14.0 Å². The van der Waals surface area contributed by atoms with Crippen LogP contribution in [0.3, 0.4) is 0 Å². The summed E-state index contributed by atoms with van der Waals surface area (Å²) in [5.41, 5.74) is 3.75. The number of amides is 2. The summed E-state index contributed by atoms with van der Waals surface area (Å²) >= 11 is 3.34. The first-order valence-electron chi connectivity index (χ1n) is 5.27. The highest BCUT2D eigenvalue weighted by atomic mass is 79.9. The Morgan fingerprint density at radius 2 is 2.11 bits per heavy atom. The van der Waals surface area contributed by atoms with E-state index in [1.165, 1.54) is 6.07 Å². The van der Waals surface area contributed by atoms with E-state index in [-0.39, 0.29) is 16.3 Å². The zero-order valence-corrected chi connectivity index (χ0v) is 11.1. The van der Waals surface area contributed by atoms with E-state index in [2.05, 4.69) is 31.2 Å². The minimum Gasteiger partial charge on any atom is -0.430 e. The molecule has 1 aliphatic rings. The van der Waals surface area contributed by atoms with Gasteiger partial charge in [0.15, 0.2) is 0 Å². The first-order chi connectivity index (χ1) is 8.43. The Hall–Kier alpha value is -1.63. The number of alkyl halides is 1. The number of hydrogen-bond donors (Lipinski definition) is 2. The lowest BCUT2D eigenvalue weighted by Gasteiger charge is -2.11. The van der Waals surface area contributed by atoms with Crippen molar-refractivity contribution in [1.29, 1.82) is 0 Å². The maximum atomic E-state index is 11.7. The number of hydrogen-bond acceptors (Lipinski definition) is 4. The van der Waals surface area contributed by atoms with Gasteiger partial charge in [-0.1, -0.05) is 15.9 Å². The number of carbonyl (C=O) groups is 2. The van der Waals surface area contributed by atoms with Gasteiger partial charge in [0.1, 0.15) is 6.26 Å². The molecule has 1 aromatic rings. The van der Waals surface area contributed by atoms with Gasteiger partial charge in [0.25, 0.3) is 5.91 Å². The predicted molar refractivity (Wildman–Crippen MR) is 66.0 cm³/mol. The lowest BCUT2D eigenvalue weighted by atomic mass is 10.1. The molecule has 2 atom stereocenters. The van der Waals surface area contributed by atoms with Crippen molar-refractivity contribution in [2.45, 2.75) is 18.2 Å². The van der Waals surface area contributed by atoms with Crippen molar-refractivity contribution in [3.05, 3.63) is 34.4 Å². The molecule has 2 N–H and O–H groups in total. The van der Waals surface area contributed by atoms with Crippen molar-refractivity contribution in [1.82, 2.24) is 10.9 Å². The third-order valence-electron chi connectivity index (χ3n) is 2.91. The van der Waals surface area contributed by atoms with Crippen LogP contribution in [0.15, 0.2) is 27.6 Å². The average molecular weight is 315 g/mol. The Morgan fingerprint density at radius 1 is 1.44 bits per heavy atom. The van der Waals surface area contributed by atoms with Crippen molar-refractivity contribution in [3.8, 4) is 0 Å². The Balaban J connectivity index is 1.91. The zero-order chi connectivity index (χ0) is 13.3. The molecule has 0 aliphatic heterocycles. The fraction of sp³-hybridized carbons (Fsp3) is 0.364. The Bertz CT molecular complexity index is 536. The molecule has 7 heteroatoms. The van der Waals surface area contributed by atoms with Gasteiger partial charge in [-0.05, 0) is 19.4 Å². The van der Waals surface area contributed by atoms with E-state index in [4.69, 9.17) is 0 Å². The predicted octanol–water partition coefficient (Wildman–Crippen LogP) is 0.574. The van der Waals surface area contributed by atoms with Gasteiger partial charge in [-0.3, -0.25) is 20.4 Å². The molecule has 0 bridgehead atoms. The van der Waals surface area contributed by atoms with E-state index in [0.29, 0.717) is 0 Å². The SMILES string of the molecule is C[C@@]1(C(=O)NNC(=O)c2ccc(=O)oc2)C[C@@H]1Br. The molecule has 2 amide bonds. The van der Waals surface area contributed by atoms with Gasteiger partial charge < -0.3 is 4.42 Å². The third-order valence-corrected chi connectivity index (χ3v) is 4.24. The largest absolute Gasteiger partial charge is 0.430 e. The molecule has 6 nitrogen and oxygen atoms in total. The molecule has 96 valence electrons. The summed E-state index contributed by atoms with van der Waals surface area (Å²) < 4.78 is 4.55. The van der Waals surface area contributed by atoms with Crippen molar-refractivity contribution in [2.75, 3.05) is 0 Å². The number of nitrogens with one attached hydrogen (secondary N) is 2. The van der Waals surface area contributed by atoms with Crippen LogP contribution in [0.4, 0.5) is 0 Å². The van der Waals surface area contributed by atoms with Crippen LogP contribution in [0.1, 0.15) is 23.7 Å². The molecule has 1 fully saturated rings. The summed E-state index contributed by atoms with van der Waals surface area (Å²) in [4.78, 5) is 34.1. The van der Waals surface area contributed by atoms with Gasteiger partial charge in [-0.15, -0.1) is 0 Å². The quantitative estimate of drug-likeness (QED) is 0.617. The second kappa shape index (κ2) is 4.56. The van der Waals surface area contributed by atoms with Crippen LogP contribution in [0.5, 0.6) is 0 Å². The number of hydrazine groups is 1. The molecule has 0 aromatic carbocycles. The molecular formula is C11H11BrN2O4. The summed E-state index contributed by atoms with van der Waals surface area (Å²) in [6.45, 7) is 1.80. The average Bonchev–Trinajstić information content (AvgIpc) is 2.96. The molecular weight excluding hydrogens is 304 g/mol. The third kappa shape index (κ3) is 2.45. The standard InChI is InChI=1S/C11H11BrN2O4/c1-11(4-7(11)12)10(17)14-13-9(16)6-2-3-8(15)18-5-6/h2-3,5,7H,4H2,1H3,(H,13,16)(H,14,17)/t7-,11+/m0/s1. The molecule has 0 unspecified atom stereocenters. The van der Waals surface area contributed by atoms with E-state index < -0.39 is 16.9 Å². The van der Waals surface area contributed by atoms with E-state index in [0.717, 1.165) is 18.8 Å². The molecule has 0 radical (unpaired) electrons. The fourth-order valence-corrected chi connectivity index (χ4v) is 2.24. The summed E-state index contributed by atoms with van der Waals surface area (Å²) in [6, 6.07) is 2.45. The van der Waals surface area contributed by atoms with Gasteiger partial charge in [-0.25, -0.2) is 4.79 Å². The molecule has 18 heavy (non-hydrogen) atoms. The number of rotatable bonds is 2. The minimum absolute atomic E-state index is 0.136. The second-order valence-corrected chi connectivity index (χ2v) is 5.45. The highest BCUT2D eigenvalue weighted by Crippen LogP contribution is 2.51. The Kier molecular flexibility index (Phi) is 3.25. The summed E-state index contributed by atoms with van der Waals surface area (Å²) in [5.74, 6) is -0.794. The molecule has 1 aromatic heterocycles. The maximum absolute atomic E-state index is 11.7. The monoisotopic (exact) mass is 314 g/mol. The second-order valence-electron chi connectivity index (χ2n) is 4.34. The first-order valence-corrected chi connectivity index (χ1v) is 6.19. The minimum atomic E-state index is -0.539. The van der Waals surface area contributed by atoms with E-state index in [1.54, 1.807) is 6.92 Å². The highest BCUT2D eigenvalue weighted by Gasteiger charge is 2.54. The smallest absolute Gasteiger partial charge is 0.335 e. The van der Waals surface area contributed by atoms with Crippen LogP contribution < -0.4 is 16.5 Å². The van der Waals surface area contributed by atoms with Crippen molar-refractivity contribution in [3.63, 3.8) is 0 Å². The first kappa shape index (κ1) is 12.8. The molecule has 0 spiro atoms. The lowest BCUT2D eigenvalue weighted by molar-refractivity contribution is -0.126. The molecule has 0 saturated heterocycles. The van der Waals surface area contributed by atoms with E-state index >= 15 is 0 Å². The van der Waals surface area contributed by atoms with Gasteiger partial charge in [0, 0.05) is 10.9 Å². The lowest BCUT2D eigenvalue weighted by Crippen LogP contribution is -2.45. The van der Waals surface area contributed by atoms with Gasteiger partial charge >= 0.3 is 5.63 Å². The van der Waals surface area contributed by atoms with Crippen LogP contribution >= 0.6 is 15.9 Å². The molecule has 1 aliphatic carbocycles. The van der Waals surface area contributed by atoms with Gasteiger partial charge in [0.2, 0.25) is 5.91 Å². The topological polar surface area (TPSA) is 88.4 Å². The summed E-state index contributed by atoms with van der Waals surface area (Å²) in [6.07, 6.45) is 1.77. The van der Waals surface area contributed by atoms with Gasteiger partial charge in [-0.2, -0.15) is 0 Å². The Morgan fingerprint density at radius 3 is 2.61 bits per heavy atom. The number of halogens is 1. The normalized spacial score (nSPS) is 25.3. The summed E-state index contributed by atoms with van der Waals surface area (Å²) in [5, 5.41) is 0. The molecule has 2 rings (SSSR count). The highest BCUT2D eigenvalue weighted by molar-refractivity contribution is 9.09. The van der Waals surface area contributed by atoms with E-state index in [9.17, 15) is 14.4 Å². The van der Waals surface area contributed by atoms with Crippen LogP contribution in [-0.4, -0.2) is 16.6 Å². The fourth-order valence-electron chi connectivity index (χ4n) is 1.36. The Labute approximate surface area is 111 Å². The van der Waals surface area contributed by atoms with Crippen LogP contribution in [0.25, 0.3) is 0 Å². The van der Waals surface area contributed by atoms with Crippen LogP contribution in [0, 0.1) is 5.41 Å². The van der Waals surface area contributed by atoms with Crippen molar-refractivity contribution in [2.24, 2.45) is 5.41 Å². The van der Waals surface area contributed by atoms with E-state index in [1.807, 2.05) is 0 Å². The van der Waals surface area contributed by atoms with Gasteiger partial charge in [0.05, 0.1) is 11.0 Å². The van der Waals surface area contributed by atoms with Crippen molar-refractivity contribution >= 4 is 27.7 Å². The zero-order valence-electron chi connectivity index (χ0n) is 9.53. The molecule has 1 heterocycles. The van der Waals surface area contributed by atoms with Crippen LogP contribution in [-0.2, 0) is 4.79 Å². The summed E-state index contributed by atoms with van der Waals surface area (Å²) in [7, 11) is 0. The maximum Gasteiger partial charge on any atom is 0.335 e.